The third-order valence-electron chi connectivity index (χ3n) is 2.54. The molecule has 6 heteroatoms. The summed E-state index contributed by atoms with van der Waals surface area (Å²) in [6.07, 6.45) is 1.88. The van der Waals surface area contributed by atoms with Gasteiger partial charge in [-0.3, -0.25) is 4.79 Å². The second kappa shape index (κ2) is 6.54. The van der Waals surface area contributed by atoms with Crippen LogP contribution in [0.4, 0.5) is 5.13 Å². The van der Waals surface area contributed by atoms with Gasteiger partial charge < -0.3 is 10.4 Å². The minimum atomic E-state index is -0.772. The van der Waals surface area contributed by atoms with Gasteiger partial charge in [-0.05, 0) is 12.3 Å². The molecule has 1 heterocycles. The topological polar surface area (TPSA) is 75.1 Å². The van der Waals surface area contributed by atoms with E-state index in [1.165, 1.54) is 11.5 Å². The molecule has 2 N–H and O–H groups in total. The number of aliphatic carboxylic acids is 1. The van der Waals surface area contributed by atoms with Gasteiger partial charge in [0.2, 0.25) is 5.13 Å². The molecule has 0 saturated heterocycles. The molecule has 96 valence electrons. The zero-order chi connectivity index (χ0) is 12.8. The summed E-state index contributed by atoms with van der Waals surface area (Å²) in [7, 11) is 0. The highest BCUT2D eigenvalue weighted by atomic mass is 32.1. The fourth-order valence-corrected chi connectivity index (χ4v) is 2.07. The Bertz CT molecular complexity index is 365. The van der Waals surface area contributed by atoms with E-state index in [4.69, 9.17) is 5.11 Å². The number of anilines is 1. The zero-order valence-corrected chi connectivity index (χ0v) is 11.3. The molecule has 0 aliphatic heterocycles. The van der Waals surface area contributed by atoms with Crippen molar-refractivity contribution in [2.75, 3.05) is 11.9 Å². The molecule has 0 fully saturated rings. The number of hydrogen-bond acceptors (Lipinski definition) is 5. The van der Waals surface area contributed by atoms with Crippen LogP contribution < -0.4 is 5.32 Å². The second-order valence-electron chi connectivity index (χ2n) is 4.34. The third-order valence-corrected chi connectivity index (χ3v) is 3.25. The standard InChI is InChI=1S/C11H19N3O2S/c1-4-5-9-13-11(17-14-9)12-6-8(7(2)3)10(15)16/h7-8H,4-6H2,1-3H3,(H,15,16)(H,12,13,14). The van der Waals surface area contributed by atoms with E-state index in [0.29, 0.717) is 11.7 Å². The van der Waals surface area contributed by atoms with Crippen LogP contribution in [0.1, 0.15) is 33.0 Å². The molecular formula is C11H19N3O2S. The maximum Gasteiger partial charge on any atom is 0.308 e. The first-order valence-electron chi connectivity index (χ1n) is 5.83. The number of carbonyl (C=O) groups is 1. The fourth-order valence-electron chi connectivity index (χ4n) is 1.46. The first-order valence-corrected chi connectivity index (χ1v) is 6.61. The smallest absolute Gasteiger partial charge is 0.308 e. The molecule has 5 nitrogen and oxygen atoms in total. The highest BCUT2D eigenvalue weighted by Gasteiger charge is 2.21. The lowest BCUT2D eigenvalue weighted by atomic mass is 9.96. The van der Waals surface area contributed by atoms with Crippen LogP contribution in [-0.2, 0) is 11.2 Å². The van der Waals surface area contributed by atoms with Crippen molar-refractivity contribution in [3.63, 3.8) is 0 Å². The summed E-state index contributed by atoms with van der Waals surface area (Å²) in [6, 6.07) is 0. The summed E-state index contributed by atoms with van der Waals surface area (Å²) >= 11 is 1.29. The largest absolute Gasteiger partial charge is 0.481 e. The van der Waals surface area contributed by atoms with Gasteiger partial charge >= 0.3 is 5.97 Å². The van der Waals surface area contributed by atoms with Crippen LogP contribution >= 0.6 is 11.5 Å². The van der Waals surface area contributed by atoms with Gasteiger partial charge in [0.15, 0.2) is 0 Å². The molecule has 0 spiro atoms. The Kier molecular flexibility index (Phi) is 5.34. The average molecular weight is 257 g/mol. The van der Waals surface area contributed by atoms with E-state index in [1.807, 2.05) is 13.8 Å². The lowest BCUT2D eigenvalue weighted by Crippen LogP contribution is -2.27. The van der Waals surface area contributed by atoms with E-state index < -0.39 is 11.9 Å². The molecule has 0 aromatic carbocycles. The normalized spacial score (nSPS) is 12.7. The van der Waals surface area contributed by atoms with E-state index in [2.05, 4.69) is 21.6 Å². The van der Waals surface area contributed by atoms with Crippen LogP contribution in [0, 0.1) is 11.8 Å². The van der Waals surface area contributed by atoms with Crippen LogP contribution in [-0.4, -0.2) is 27.0 Å². The van der Waals surface area contributed by atoms with Crippen molar-refractivity contribution in [2.24, 2.45) is 11.8 Å². The number of carboxylic acids is 1. The van der Waals surface area contributed by atoms with Crippen LogP contribution in [0.15, 0.2) is 0 Å². The van der Waals surface area contributed by atoms with Gasteiger partial charge in [-0.25, -0.2) is 4.98 Å². The van der Waals surface area contributed by atoms with Gasteiger partial charge in [-0.1, -0.05) is 20.8 Å². The van der Waals surface area contributed by atoms with E-state index in [9.17, 15) is 4.79 Å². The number of aromatic nitrogens is 2. The molecule has 1 aromatic heterocycles. The molecule has 0 radical (unpaired) electrons. The Morgan fingerprint density at radius 3 is 2.76 bits per heavy atom. The lowest BCUT2D eigenvalue weighted by Gasteiger charge is -2.15. The molecule has 1 atom stereocenters. The minimum Gasteiger partial charge on any atom is -0.481 e. The van der Waals surface area contributed by atoms with Crippen molar-refractivity contribution < 1.29 is 9.90 Å². The van der Waals surface area contributed by atoms with Gasteiger partial charge in [-0.15, -0.1) is 0 Å². The molecule has 0 amide bonds. The predicted molar refractivity (Wildman–Crippen MR) is 68.4 cm³/mol. The summed E-state index contributed by atoms with van der Waals surface area (Å²) in [4.78, 5) is 15.3. The lowest BCUT2D eigenvalue weighted by molar-refractivity contribution is -0.142. The Hall–Kier alpha value is -1.17. The highest BCUT2D eigenvalue weighted by molar-refractivity contribution is 7.09. The highest BCUT2D eigenvalue weighted by Crippen LogP contribution is 2.16. The number of nitrogens with zero attached hydrogens (tertiary/aromatic N) is 2. The summed E-state index contributed by atoms with van der Waals surface area (Å²) in [5.41, 5.74) is 0. The maximum atomic E-state index is 11.0. The van der Waals surface area contributed by atoms with Crippen LogP contribution in [0.25, 0.3) is 0 Å². The Morgan fingerprint density at radius 1 is 1.53 bits per heavy atom. The molecular weight excluding hydrogens is 238 g/mol. The molecule has 0 saturated carbocycles. The molecule has 0 aliphatic carbocycles. The van der Waals surface area contributed by atoms with E-state index in [1.54, 1.807) is 0 Å². The molecule has 17 heavy (non-hydrogen) atoms. The van der Waals surface area contributed by atoms with E-state index in [0.717, 1.165) is 18.7 Å². The summed E-state index contributed by atoms with van der Waals surface area (Å²) in [5.74, 6) is -0.237. The van der Waals surface area contributed by atoms with Crippen molar-refractivity contribution in [3.05, 3.63) is 5.82 Å². The van der Waals surface area contributed by atoms with Crippen molar-refractivity contribution in [2.45, 2.75) is 33.6 Å². The van der Waals surface area contributed by atoms with Gasteiger partial charge in [0.1, 0.15) is 5.82 Å². The van der Waals surface area contributed by atoms with Crippen LogP contribution in [0.3, 0.4) is 0 Å². The summed E-state index contributed by atoms with van der Waals surface area (Å²) < 4.78 is 4.19. The Morgan fingerprint density at radius 2 is 2.24 bits per heavy atom. The molecule has 1 rings (SSSR count). The monoisotopic (exact) mass is 257 g/mol. The van der Waals surface area contributed by atoms with Crippen molar-refractivity contribution in [1.29, 1.82) is 0 Å². The number of nitrogens with one attached hydrogen (secondary N) is 1. The summed E-state index contributed by atoms with van der Waals surface area (Å²) in [5, 5.41) is 12.8. The SMILES string of the molecule is CCCc1nsc(NCC(C(=O)O)C(C)C)n1. The quantitative estimate of drug-likeness (QED) is 0.783. The number of rotatable bonds is 7. The fraction of sp³-hybridized carbons (Fsp3) is 0.727. The van der Waals surface area contributed by atoms with Gasteiger partial charge in [-0.2, -0.15) is 4.37 Å². The minimum absolute atomic E-state index is 0.100. The maximum absolute atomic E-state index is 11.0. The average Bonchev–Trinajstić information content (AvgIpc) is 2.65. The number of aryl methyl sites for hydroxylation is 1. The number of hydrogen-bond donors (Lipinski definition) is 2. The van der Waals surface area contributed by atoms with Gasteiger partial charge in [0, 0.05) is 24.5 Å². The first kappa shape index (κ1) is 13.9. The molecule has 1 unspecified atom stereocenters. The Labute approximate surface area is 105 Å². The third kappa shape index (κ3) is 4.30. The predicted octanol–water partition coefficient (Wildman–Crippen LogP) is 2.26. The van der Waals surface area contributed by atoms with E-state index in [-0.39, 0.29) is 5.92 Å². The van der Waals surface area contributed by atoms with Crippen molar-refractivity contribution >= 4 is 22.6 Å². The van der Waals surface area contributed by atoms with Crippen LogP contribution in [0.2, 0.25) is 0 Å². The van der Waals surface area contributed by atoms with Crippen LogP contribution in [0.5, 0.6) is 0 Å². The zero-order valence-electron chi connectivity index (χ0n) is 10.4. The van der Waals surface area contributed by atoms with Gasteiger partial charge in [0.05, 0.1) is 5.92 Å². The molecule has 1 aromatic rings. The van der Waals surface area contributed by atoms with Gasteiger partial charge in [0.25, 0.3) is 0 Å². The van der Waals surface area contributed by atoms with Crippen molar-refractivity contribution in [3.8, 4) is 0 Å². The molecule has 0 aliphatic rings. The number of carboxylic acid groups (broad SMARTS) is 1. The molecule has 0 bridgehead atoms. The van der Waals surface area contributed by atoms with Crippen molar-refractivity contribution in [1.82, 2.24) is 9.36 Å². The Balaban J connectivity index is 2.50. The summed E-state index contributed by atoms with van der Waals surface area (Å²) in [6.45, 7) is 6.28. The second-order valence-corrected chi connectivity index (χ2v) is 5.09. The van der Waals surface area contributed by atoms with E-state index >= 15 is 0 Å². The first-order chi connectivity index (χ1) is 8.04.